The molecule has 0 spiro atoms. The molecular formula is C13H15N3OS. The second-order valence-electron chi connectivity index (χ2n) is 4.09. The number of benzene rings is 1. The van der Waals surface area contributed by atoms with Crippen molar-refractivity contribution >= 4 is 28.5 Å². The topological polar surface area (TPSA) is 68.0 Å². The summed E-state index contributed by atoms with van der Waals surface area (Å²) in [4.78, 5) is 15.6. The summed E-state index contributed by atoms with van der Waals surface area (Å²) in [6.07, 6.45) is 0. The molecule has 0 fully saturated rings. The number of rotatable bonds is 4. The first-order chi connectivity index (χ1) is 8.56. The fourth-order valence-corrected chi connectivity index (χ4v) is 2.37. The van der Waals surface area contributed by atoms with Crippen LogP contribution in [0.1, 0.15) is 28.0 Å². The van der Waals surface area contributed by atoms with Crippen LogP contribution < -0.4 is 11.1 Å². The minimum Gasteiger partial charge on any atom is -0.398 e. The predicted molar refractivity (Wildman–Crippen MR) is 75.0 cm³/mol. The molecule has 0 saturated heterocycles. The second kappa shape index (κ2) is 5.18. The Labute approximate surface area is 110 Å². The third-order valence-electron chi connectivity index (χ3n) is 2.54. The summed E-state index contributed by atoms with van der Waals surface area (Å²) < 4.78 is 0. The number of carbonyl (C=O) groups excluding carboxylic acids is 1. The lowest BCUT2D eigenvalue weighted by Gasteiger charge is -2.07. The molecule has 2 rings (SSSR count). The zero-order valence-corrected chi connectivity index (χ0v) is 11.2. The molecule has 4 nitrogen and oxygen atoms in total. The van der Waals surface area contributed by atoms with Gasteiger partial charge in [-0.3, -0.25) is 4.79 Å². The van der Waals surface area contributed by atoms with Crippen LogP contribution in [0.15, 0.2) is 23.6 Å². The van der Waals surface area contributed by atoms with Gasteiger partial charge in [-0.25, -0.2) is 4.98 Å². The monoisotopic (exact) mass is 261 g/mol. The number of carbonyl (C=O) groups is 1. The van der Waals surface area contributed by atoms with E-state index in [9.17, 15) is 4.79 Å². The highest BCUT2D eigenvalue weighted by atomic mass is 32.1. The summed E-state index contributed by atoms with van der Waals surface area (Å²) in [5.74, 6) is -0.0189. The van der Waals surface area contributed by atoms with Gasteiger partial charge in [0.1, 0.15) is 5.01 Å². The van der Waals surface area contributed by atoms with Crippen LogP contribution >= 0.6 is 11.3 Å². The highest BCUT2D eigenvalue weighted by Gasteiger charge is 2.05. The number of nitrogens with zero attached hydrogens (tertiary/aromatic N) is 1. The molecule has 5 heteroatoms. The van der Waals surface area contributed by atoms with Crippen LogP contribution in [0.2, 0.25) is 0 Å². The van der Waals surface area contributed by atoms with E-state index in [0.717, 1.165) is 16.4 Å². The molecule has 0 aliphatic rings. The summed E-state index contributed by atoms with van der Waals surface area (Å²) in [6, 6.07) is 5.37. The van der Waals surface area contributed by atoms with Crippen LogP contribution in [0.4, 0.5) is 11.4 Å². The smallest absolute Gasteiger partial charge is 0.161 e. The fourth-order valence-electron chi connectivity index (χ4n) is 1.65. The fraction of sp³-hybridized carbons (Fsp3) is 0.231. The molecular weight excluding hydrogens is 246 g/mol. The lowest BCUT2D eigenvalue weighted by Crippen LogP contribution is -2.03. The van der Waals surface area contributed by atoms with Gasteiger partial charge in [-0.05, 0) is 32.0 Å². The van der Waals surface area contributed by atoms with Crippen LogP contribution in [0.3, 0.4) is 0 Å². The lowest BCUT2D eigenvalue weighted by atomic mass is 10.1. The van der Waals surface area contributed by atoms with E-state index in [-0.39, 0.29) is 5.78 Å². The number of aromatic nitrogens is 1. The molecule has 1 aromatic carbocycles. The molecule has 0 bridgehead atoms. The van der Waals surface area contributed by atoms with Gasteiger partial charge >= 0.3 is 0 Å². The minimum absolute atomic E-state index is 0.0189. The average molecular weight is 261 g/mol. The van der Waals surface area contributed by atoms with Crippen LogP contribution in [-0.2, 0) is 6.54 Å². The van der Waals surface area contributed by atoms with Gasteiger partial charge in [0.2, 0.25) is 0 Å². The quantitative estimate of drug-likeness (QED) is 0.656. The van der Waals surface area contributed by atoms with Crippen molar-refractivity contribution in [2.75, 3.05) is 11.1 Å². The molecule has 94 valence electrons. The van der Waals surface area contributed by atoms with Crippen LogP contribution in [-0.4, -0.2) is 10.8 Å². The van der Waals surface area contributed by atoms with Gasteiger partial charge in [0.15, 0.2) is 5.78 Å². The Morgan fingerprint density at radius 3 is 2.83 bits per heavy atom. The van der Waals surface area contributed by atoms with Crippen molar-refractivity contribution in [2.45, 2.75) is 20.4 Å². The number of anilines is 2. The van der Waals surface area contributed by atoms with E-state index in [1.807, 2.05) is 18.4 Å². The van der Waals surface area contributed by atoms with E-state index in [2.05, 4.69) is 10.3 Å². The average Bonchev–Trinajstić information content (AvgIpc) is 2.72. The van der Waals surface area contributed by atoms with Crippen molar-refractivity contribution in [1.29, 1.82) is 0 Å². The summed E-state index contributed by atoms with van der Waals surface area (Å²) in [5.41, 5.74) is 8.81. The number of thiazole rings is 1. The highest BCUT2D eigenvalue weighted by molar-refractivity contribution is 7.09. The van der Waals surface area contributed by atoms with E-state index >= 15 is 0 Å². The summed E-state index contributed by atoms with van der Waals surface area (Å²) in [7, 11) is 0. The molecule has 2 aromatic rings. The van der Waals surface area contributed by atoms with Crippen molar-refractivity contribution in [3.05, 3.63) is 39.8 Å². The molecule has 0 aliphatic carbocycles. The predicted octanol–water partition coefficient (Wildman–Crippen LogP) is 2.85. The Hall–Kier alpha value is -1.88. The summed E-state index contributed by atoms with van der Waals surface area (Å²) >= 11 is 1.62. The van der Waals surface area contributed by atoms with Gasteiger partial charge in [0.25, 0.3) is 0 Å². The van der Waals surface area contributed by atoms with Gasteiger partial charge in [-0.1, -0.05) is 0 Å². The molecule has 3 N–H and O–H groups in total. The maximum atomic E-state index is 11.3. The zero-order chi connectivity index (χ0) is 13.1. The maximum absolute atomic E-state index is 11.3. The minimum atomic E-state index is -0.0189. The molecule has 0 radical (unpaired) electrons. The van der Waals surface area contributed by atoms with E-state index in [1.165, 1.54) is 6.92 Å². The van der Waals surface area contributed by atoms with Crippen molar-refractivity contribution < 1.29 is 4.79 Å². The van der Waals surface area contributed by atoms with Crippen LogP contribution in [0, 0.1) is 6.92 Å². The van der Waals surface area contributed by atoms with Gasteiger partial charge < -0.3 is 11.1 Å². The van der Waals surface area contributed by atoms with Crippen LogP contribution in [0.25, 0.3) is 0 Å². The largest absolute Gasteiger partial charge is 0.398 e. The Kier molecular flexibility index (Phi) is 3.62. The van der Waals surface area contributed by atoms with E-state index < -0.39 is 0 Å². The molecule has 18 heavy (non-hydrogen) atoms. The molecule has 0 aliphatic heterocycles. The number of nitrogen functional groups attached to an aromatic ring is 1. The first kappa shape index (κ1) is 12.6. The van der Waals surface area contributed by atoms with Gasteiger partial charge in [-0.15, -0.1) is 11.3 Å². The Bertz CT molecular complexity index is 577. The maximum Gasteiger partial charge on any atom is 0.161 e. The standard InChI is InChI=1S/C13H15N3OS/c1-8-7-18-13(16-8)6-15-10-3-4-11(9(2)17)12(14)5-10/h3-5,7,15H,6,14H2,1-2H3. The van der Waals surface area contributed by atoms with Gasteiger partial charge in [0, 0.05) is 28.0 Å². The molecule has 0 unspecified atom stereocenters. The number of hydrogen-bond donors (Lipinski definition) is 2. The van der Waals surface area contributed by atoms with Crippen molar-refractivity contribution in [1.82, 2.24) is 4.98 Å². The number of nitrogens with one attached hydrogen (secondary N) is 1. The molecule has 1 heterocycles. The Balaban J connectivity index is 2.06. The first-order valence-corrected chi connectivity index (χ1v) is 6.49. The SMILES string of the molecule is CC(=O)c1ccc(NCc2nc(C)cs2)cc1N. The van der Waals surface area contributed by atoms with Gasteiger partial charge in [0.05, 0.1) is 6.54 Å². The van der Waals surface area contributed by atoms with Crippen LogP contribution in [0.5, 0.6) is 0 Å². The third-order valence-corrected chi connectivity index (χ3v) is 3.51. The number of hydrogen-bond acceptors (Lipinski definition) is 5. The highest BCUT2D eigenvalue weighted by Crippen LogP contribution is 2.19. The molecule has 0 amide bonds. The first-order valence-electron chi connectivity index (χ1n) is 5.61. The lowest BCUT2D eigenvalue weighted by molar-refractivity contribution is 0.101. The summed E-state index contributed by atoms with van der Waals surface area (Å²) in [5, 5.41) is 6.29. The van der Waals surface area contributed by atoms with Crippen molar-refractivity contribution in [2.24, 2.45) is 0 Å². The normalized spacial score (nSPS) is 10.3. The molecule has 0 saturated carbocycles. The van der Waals surface area contributed by atoms with E-state index in [0.29, 0.717) is 17.8 Å². The molecule has 1 aromatic heterocycles. The van der Waals surface area contributed by atoms with E-state index in [1.54, 1.807) is 23.5 Å². The van der Waals surface area contributed by atoms with Crippen molar-refractivity contribution in [3.8, 4) is 0 Å². The second-order valence-corrected chi connectivity index (χ2v) is 5.04. The van der Waals surface area contributed by atoms with E-state index in [4.69, 9.17) is 5.73 Å². The number of Topliss-reactive ketones (excluding diaryl/α,β-unsaturated/α-hetero) is 1. The Morgan fingerprint density at radius 2 is 2.28 bits per heavy atom. The number of ketones is 1. The summed E-state index contributed by atoms with van der Waals surface area (Å²) in [6.45, 7) is 4.15. The third kappa shape index (κ3) is 2.87. The van der Waals surface area contributed by atoms with Gasteiger partial charge in [-0.2, -0.15) is 0 Å². The number of aryl methyl sites for hydroxylation is 1. The number of nitrogens with two attached hydrogens (primary N) is 1. The molecule has 0 atom stereocenters. The zero-order valence-electron chi connectivity index (χ0n) is 10.4. The Morgan fingerprint density at radius 1 is 1.50 bits per heavy atom. The van der Waals surface area contributed by atoms with Crippen molar-refractivity contribution in [3.63, 3.8) is 0 Å².